The molecule has 0 bridgehead atoms. The van der Waals surface area contributed by atoms with Crippen LogP contribution < -0.4 is 5.32 Å². The van der Waals surface area contributed by atoms with Gasteiger partial charge in [-0.25, -0.2) is 4.98 Å². The molecule has 96 valence electrons. The maximum absolute atomic E-state index is 6.08. The second-order valence-corrected chi connectivity index (χ2v) is 4.78. The normalized spacial score (nSPS) is 10.8. The van der Waals surface area contributed by atoms with Crippen LogP contribution in [0.1, 0.15) is 18.9 Å². The molecule has 0 aliphatic carbocycles. The van der Waals surface area contributed by atoms with E-state index in [1.165, 1.54) is 5.56 Å². The number of benzene rings is 1. The quantitative estimate of drug-likeness (QED) is 0.840. The molecule has 1 aromatic heterocycles. The van der Waals surface area contributed by atoms with Crippen molar-refractivity contribution in [3.63, 3.8) is 0 Å². The molecule has 1 aromatic carbocycles. The Kier molecular flexibility index (Phi) is 4.39. The van der Waals surface area contributed by atoms with E-state index in [9.17, 15) is 0 Å². The molecule has 0 radical (unpaired) electrons. The Bertz CT molecular complexity index is 520. The molecule has 3 nitrogen and oxygen atoms in total. The highest BCUT2D eigenvalue weighted by molar-refractivity contribution is 6.30. The maximum atomic E-state index is 6.08. The van der Waals surface area contributed by atoms with Crippen LogP contribution >= 0.6 is 11.6 Å². The third-order valence-electron chi connectivity index (χ3n) is 2.87. The largest absolute Gasteiger partial charge is 0.334 e. The lowest BCUT2D eigenvalue weighted by atomic mass is 10.1. The summed E-state index contributed by atoms with van der Waals surface area (Å²) in [5.41, 5.74) is 2.32. The van der Waals surface area contributed by atoms with Crippen molar-refractivity contribution in [3.05, 3.63) is 41.2 Å². The van der Waals surface area contributed by atoms with Gasteiger partial charge in [-0.05, 0) is 36.7 Å². The Balaban J connectivity index is 2.32. The van der Waals surface area contributed by atoms with Crippen LogP contribution in [0.5, 0.6) is 0 Å². The first kappa shape index (κ1) is 13.1. The van der Waals surface area contributed by atoms with Gasteiger partial charge < -0.3 is 9.88 Å². The van der Waals surface area contributed by atoms with Crippen molar-refractivity contribution in [1.82, 2.24) is 14.9 Å². The number of hydrogen-bond acceptors (Lipinski definition) is 2. The molecule has 1 heterocycles. The van der Waals surface area contributed by atoms with Gasteiger partial charge in [0.15, 0.2) is 0 Å². The number of imidazole rings is 1. The lowest BCUT2D eigenvalue weighted by Gasteiger charge is -2.11. The van der Waals surface area contributed by atoms with Crippen molar-refractivity contribution in [1.29, 1.82) is 0 Å². The minimum atomic E-state index is 0.765. The van der Waals surface area contributed by atoms with E-state index >= 15 is 0 Å². The van der Waals surface area contributed by atoms with Gasteiger partial charge in [-0.1, -0.05) is 18.5 Å². The summed E-state index contributed by atoms with van der Waals surface area (Å²) >= 11 is 6.08. The molecule has 0 saturated heterocycles. The molecule has 0 spiro atoms. The molecule has 2 rings (SSSR count). The monoisotopic (exact) mass is 263 g/mol. The van der Waals surface area contributed by atoms with E-state index in [0.29, 0.717) is 0 Å². The van der Waals surface area contributed by atoms with Gasteiger partial charge in [0.25, 0.3) is 0 Å². The van der Waals surface area contributed by atoms with E-state index in [1.54, 1.807) is 0 Å². The molecule has 0 atom stereocenters. The van der Waals surface area contributed by atoms with E-state index in [2.05, 4.69) is 17.2 Å². The van der Waals surface area contributed by atoms with E-state index in [0.717, 1.165) is 35.9 Å². The lowest BCUT2D eigenvalue weighted by molar-refractivity contribution is 0.675. The third kappa shape index (κ3) is 2.92. The fourth-order valence-corrected chi connectivity index (χ4v) is 2.15. The second kappa shape index (κ2) is 6.03. The predicted octanol–water partition coefficient (Wildman–Crippen LogP) is 3.24. The van der Waals surface area contributed by atoms with Gasteiger partial charge >= 0.3 is 0 Å². The number of aryl methyl sites for hydroxylation is 1. The standard InChI is InChI=1S/C14H18ClN3/c1-3-6-16-10-11-9-12(15)4-5-13(11)14-17-7-8-18(14)2/h4-5,7-9,16H,3,6,10H2,1-2H3. The fourth-order valence-electron chi connectivity index (χ4n) is 1.95. The molecule has 18 heavy (non-hydrogen) atoms. The summed E-state index contributed by atoms with van der Waals surface area (Å²) in [5.74, 6) is 0.972. The molecule has 0 saturated carbocycles. The lowest BCUT2D eigenvalue weighted by Crippen LogP contribution is -2.14. The van der Waals surface area contributed by atoms with E-state index < -0.39 is 0 Å². The van der Waals surface area contributed by atoms with Crippen LogP contribution in [-0.2, 0) is 13.6 Å². The zero-order chi connectivity index (χ0) is 13.0. The maximum Gasteiger partial charge on any atom is 0.139 e. The summed E-state index contributed by atoms with van der Waals surface area (Å²) in [7, 11) is 2.00. The van der Waals surface area contributed by atoms with Crippen LogP contribution in [0.15, 0.2) is 30.6 Å². The number of nitrogens with zero attached hydrogens (tertiary/aromatic N) is 2. The van der Waals surface area contributed by atoms with Gasteiger partial charge in [-0.3, -0.25) is 0 Å². The van der Waals surface area contributed by atoms with Crippen LogP contribution in [0, 0.1) is 0 Å². The minimum absolute atomic E-state index is 0.765. The van der Waals surface area contributed by atoms with E-state index in [4.69, 9.17) is 11.6 Å². The van der Waals surface area contributed by atoms with Gasteiger partial charge in [0, 0.05) is 36.6 Å². The molecule has 0 amide bonds. The number of nitrogens with one attached hydrogen (secondary N) is 1. The Morgan fingerprint density at radius 3 is 2.89 bits per heavy atom. The third-order valence-corrected chi connectivity index (χ3v) is 3.11. The highest BCUT2D eigenvalue weighted by atomic mass is 35.5. The van der Waals surface area contributed by atoms with Gasteiger partial charge in [0.05, 0.1) is 0 Å². The number of halogens is 1. The molecule has 2 aromatic rings. The van der Waals surface area contributed by atoms with Crippen LogP contribution in [-0.4, -0.2) is 16.1 Å². The molecular weight excluding hydrogens is 246 g/mol. The van der Waals surface area contributed by atoms with Gasteiger partial charge in [-0.15, -0.1) is 0 Å². The Morgan fingerprint density at radius 2 is 2.22 bits per heavy atom. The summed E-state index contributed by atoms with van der Waals surface area (Å²) in [4.78, 5) is 4.40. The van der Waals surface area contributed by atoms with Crippen molar-refractivity contribution in [3.8, 4) is 11.4 Å². The molecule has 0 unspecified atom stereocenters. The number of rotatable bonds is 5. The Labute approximate surface area is 113 Å². The summed E-state index contributed by atoms with van der Waals surface area (Å²) < 4.78 is 2.02. The molecule has 4 heteroatoms. The van der Waals surface area contributed by atoms with E-state index in [1.807, 2.05) is 42.2 Å². The number of aromatic nitrogens is 2. The van der Waals surface area contributed by atoms with Gasteiger partial charge in [0.1, 0.15) is 5.82 Å². The van der Waals surface area contributed by atoms with Crippen molar-refractivity contribution >= 4 is 11.6 Å². The first-order chi connectivity index (χ1) is 8.72. The highest BCUT2D eigenvalue weighted by Crippen LogP contribution is 2.24. The van der Waals surface area contributed by atoms with Crippen molar-refractivity contribution < 1.29 is 0 Å². The summed E-state index contributed by atoms with van der Waals surface area (Å²) in [5, 5.41) is 4.17. The molecule has 0 fully saturated rings. The van der Waals surface area contributed by atoms with Crippen LogP contribution in [0.25, 0.3) is 11.4 Å². The van der Waals surface area contributed by atoms with Gasteiger partial charge in [0.2, 0.25) is 0 Å². The summed E-state index contributed by atoms with van der Waals surface area (Å²) in [6.07, 6.45) is 4.89. The van der Waals surface area contributed by atoms with Crippen molar-refractivity contribution in [2.24, 2.45) is 7.05 Å². The van der Waals surface area contributed by atoms with Gasteiger partial charge in [-0.2, -0.15) is 0 Å². The fraction of sp³-hybridized carbons (Fsp3) is 0.357. The smallest absolute Gasteiger partial charge is 0.139 e. The zero-order valence-electron chi connectivity index (χ0n) is 10.8. The topological polar surface area (TPSA) is 29.9 Å². The van der Waals surface area contributed by atoms with Crippen LogP contribution in [0.2, 0.25) is 5.02 Å². The Morgan fingerprint density at radius 1 is 1.39 bits per heavy atom. The first-order valence-corrected chi connectivity index (χ1v) is 6.57. The second-order valence-electron chi connectivity index (χ2n) is 4.34. The Hall–Kier alpha value is -1.32. The molecule has 0 aliphatic heterocycles. The van der Waals surface area contributed by atoms with Crippen molar-refractivity contribution in [2.75, 3.05) is 6.54 Å². The average Bonchev–Trinajstić information content (AvgIpc) is 2.76. The first-order valence-electron chi connectivity index (χ1n) is 6.19. The predicted molar refractivity (Wildman–Crippen MR) is 75.7 cm³/mol. The van der Waals surface area contributed by atoms with Crippen LogP contribution in [0.4, 0.5) is 0 Å². The number of hydrogen-bond donors (Lipinski definition) is 1. The summed E-state index contributed by atoms with van der Waals surface area (Å²) in [6, 6.07) is 5.96. The molecular formula is C14H18ClN3. The molecule has 1 N–H and O–H groups in total. The van der Waals surface area contributed by atoms with Crippen molar-refractivity contribution in [2.45, 2.75) is 19.9 Å². The average molecular weight is 264 g/mol. The minimum Gasteiger partial charge on any atom is -0.334 e. The molecule has 0 aliphatic rings. The zero-order valence-corrected chi connectivity index (χ0v) is 11.5. The highest BCUT2D eigenvalue weighted by Gasteiger charge is 2.09. The van der Waals surface area contributed by atoms with Crippen LogP contribution in [0.3, 0.4) is 0 Å². The summed E-state index contributed by atoms with van der Waals surface area (Å²) in [6.45, 7) is 3.98. The van der Waals surface area contributed by atoms with E-state index in [-0.39, 0.29) is 0 Å². The SMILES string of the molecule is CCCNCc1cc(Cl)ccc1-c1nccn1C.